The third kappa shape index (κ3) is 3.49. The van der Waals surface area contributed by atoms with Gasteiger partial charge in [-0.2, -0.15) is 13.2 Å². The molecule has 9 nitrogen and oxygen atoms in total. The molecule has 1 aliphatic heterocycles. The minimum Gasteiger partial charge on any atom is -0.493 e. The highest BCUT2D eigenvalue weighted by atomic mass is 19.4. The van der Waals surface area contributed by atoms with Gasteiger partial charge in [0.1, 0.15) is 5.92 Å². The summed E-state index contributed by atoms with van der Waals surface area (Å²) in [5.41, 5.74) is -5.22. The number of aromatic nitrogens is 1. The van der Waals surface area contributed by atoms with Crippen LogP contribution in [-0.4, -0.2) is 35.2 Å². The number of ether oxygens (including phenoxy) is 3. The van der Waals surface area contributed by atoms with Crippen molar-refractivity contribution in [1.82, 2.24) is 4.98 Å². The van der Waals surface area contributed by atoms with Crippen LogP contribution in [0.15, 0.2) is 42.8 Å². The maximum absolute atomic E-state index is 13.7. The molecule has 31 heavy (non-hydrogen) atoms. The van der Waals surface area contributed by atoms with Gasteiger partial charge in [0, 0.05) is 23.4 Å². The van der Waals surface area contributed by atoms with Crippen LogP contribution in [0.4, 0.5) is 18.9 Å². The Hall–Kier alpha value is -3.83. The van der Waals surface area contributed by atoms with Gasteiger partial charge in [-0.1, -0.05) is 6.07 Å². The largest absolute Gasteiger partial charge is 0.493 e. The number of carbonyl (C=O) groups is 1. The first-order chi connectivity index (χ1) is 14.6. The Morgan fingerprint density at radius 3 is 2.58 bits per heavy atom. The van der Waals surface area contributed by atoms with E-state index in [0.29, 0.717) is 0 Å². The molecule has 12 heteroatoms. The molecule has 164 valence electrons. The van der Waals surface area contributed by atoms with E-state index in [1.165, 1.54) is 13.2 Å². The third-order valence-corrected chi connectivity index (χ3v) is 4.79. The Morgan fingerprint density at radius 2 is 2.03 bits per heavy atom. The lowest BCUT2D eigenvalue weighted by Gasteiger charge is -2.35. The quantitative estimate of drug-likeness (QED) is 0.535. The van der Waals surface area contributed by atoms with Crippen LogP contribution in [0.25, 0.3) is 0 Å². The van der Waals surface area contributed by atoms with E-state index in [0.717, 1.165) is 43.8 Å². The molecular weight excluding hydrogens is 425 g/mol. The molecule has 2 unspecified atom stereocenters. The Labute approximate surface area is 172 Å². The molecule has 2 heterocycles. The summed E-state index contributed by atoms with van der Waals surface area (Å²) in [4.78, 5) is 26.2. The zero-order valence-electron chi connectivity index (χ0n) is 16.0. The molecule has 0 amide bonds. The molecule has 0 aliphatic carbocycles. The lowest BCUT2D eigenvalue weighted by Crippen LogP contribution is -2.40. The van der Waals surface area contributed by atoms with Gasteiger partial charge in [-0.25, -0.2) is 0 Å². The molecule has 1 N–H and O–H groups in total. The number of methoxy groups -OCH3 is 2. The molecule has 2 atom stereocenters. The summed E-state index contributed by atoms with van der Waals surface area (Å²) in [6.45, 7) is 0. The average molecular weight is 440 g/mol. The number of aliphatic carboxylic acids is 1. The number of rotatable bonds is 6. The highest BCUT2D eigenvalue weighted by molar-refractivity contribution is 5.77. The van der Waals surface area contributed by atoms with E-state index in [9.17, 15) is 33.2 Å². The number of nitrogens with zero attached hydrogens (tertiary/aromatic N) is 2. The van der Waals surface area contributed by atoms with Gasteiger partial charge in [-0.15, -0.1) is 0 Å². The van der Waals surface area contributed by atoms with E-state index in [1.54, 1.807) is 0 Å². The Kier molecular flexibility index (Phi) is 5.49. The van der Waals surface area contributed by atoms with Crippen LogP contribution in [0.1, 0.15) is 16.8 Å². The van der Waals surface area contributed by atoms with Crippen LogP contribution in [0.2, 0.25) is 0 Å². The monoisotopic (exact) mass is 440 g/mol. The first-order valence-electron chi connectivity index (χ1n) is 8.58. The van der Waals surface area contributed by atoms with Crippen molar-refractivity contribution in [2.24, 2.45) is 5.92 Å². The molecule has 0 bridgehead atoms. The fourth-order valence-electron chi connectivity index (χ4n) is 3.55. The highest BCUT2D eigenvalue weighted by Gasteiger charge is 2.55. The second kappa shape index (κ2) is 7.78. The van der Waals surface area contributed by atoms with Crippen molar-refractivity contribution in [3.8, 4) is 11.5 Å². The lowest BCUT2D eigenvalue weighted by molar-refractivity contribution is -0.386. The highest BCUT2D eigenvalue weighted by Crippen LogP contribution is 2.51. The van der Waals surface area contributed by atoms with E-state index in [1.807, 2.05) is 0 Å². The summed E-state index contributed by atoms with van der Waals surface area (Å²) in [5, 5.41) is 21.4. The Morgan fingerprint density at radius 1 is 1.32 bits per heavy atom. The maximum Gasteiger partial charge on any atom is 0.433 e. The molecule has 0 spiro atoms. The zero-order chi connectivity index (χ0) is 23.0. The molecule has 0 saturated carbocycles. The van der Waals surface area contributed by atoms with Crippen molar-refractivity contribution in [2.45, 2.75) is 11.8 Å². The Balaban J connectivity index is 2.44. The fourth-order valence-corrected chi connectivity index (χ4v) is 3.55. The van der Waals surface area contributed by atoms with Gasteiger partial charge in [0.05, 0.1) is 25.4 Å². The van der Waals surface area contributed by atoms with Gasteiger partial charge >= 0.3 is 17.8 Å². The van der Waals surface area contributed by atoms with Crippen LogP contribution < -0.4 is 9.47 Å². The van der Waals surface area contributed by atoms with Crippen LogP contribution in [0, 0.1) is 16.0 Å². The molecule has 0 radical (unpaired) electrons. The summed E-state index contributed by atoms with van der Waals surface area (Å²) >= 11 is 0. The second-order valence-electron chi connectivity index (χ2n) is 6.38. The van der Waals surface area contributed by atoms with E-state index < -0.39 is 45.5 Å². The van der Waals surface area contributed by atoms with Gasteiger partial charge in [0.15, 0.2) is 17.0 Å². The van der Waals surface area contributed by atoms with Crippen molar-refractivity contribution in [1.29, 1.82) is 0 Å². The first kappa shape index (κ1) is 21.9. The summed E-state index contributed by atoms with van der Waals surface area (Å²) in [7, 11) is 2.32. The van der Waals surface area contributed by atoms with Gasteiger partial charge < -0.3 is 19.3 Å². The van der Waals surface area contributed by atoms with E-state index in [4.69, 9.17) is 14.2 Å². The number of alkyl halides is 3. The van der Waals surface area contributed by atoms with Crippen molar-refractivity contribution >= 4 is 11.7 Å². The number of pyridine rings is 1. The molecule has 0 saturated heterocycles. The van der Waals surface area contributed by atoms with Crippen LogP contribution >= 0.6 is 0 Å². The number of hydrogen-bond donors (Lipinski definition) is 1. The normalized spacial score (nSPS) is 20.2. The summed E-state index contributed by atoms with van der Waals surface area (Å²) in [6, 6.07) is 4.24. The van der Waals surface area contributed by atoms with Crippen molar-refractivity contribution in [3.05, 3.63) is 69.7 Å². The molecule has 1 aromatic heterocycles. The number of nitro benzene ring substituents is 1. The van der Waals surface area contributed by atoms with E-state index in [-0.39, 0.29) is 17.1 Å². The predicted molar refractivity (Wildman–Crippen MR) is 97.6 cm³/mol. The number of benzene rings is 1. The summed E-state index contributed by atoms with van der Waals surface area (Å²) < 4.78 is 56.9. The van der Waals surface area contributed by atoms with Crippen molar-refractivity contribution in [3.63, 3.8) is 0 Å². The van der Waals surface area contributed by atoms with E-state index >= 15 is 0 Å². The first-order valence-corrected chi connectivity index (χ1v) is 8.58. The molecule has 2 aromatic rings. The number of nitro groups is 1. The molecule has 0 fully saturated rings. The van der Waals surface area contributed by atoms with Gasteiger partial charge in [-0.3, -0.25) is 19.9 Å². The second-order valence-corrected chi connectivity index (χ2v) is 6.38. The number of halogens is 3. The van der Waals surface area contributed by atoms with Gasteiger partial charge in [-0.05, 0) is 18.2 Å². The minimum absolute atomic E-state index is 0.192. The molecule has 1 aliphatic rings. The lowest BCUT2D eigenvalue weighted by atomic mass is 9.75. The average Bonchev–Trinajstić information content (AvgIpc) is 3.18. The van der Waals surface area contributed by atoms with Crippen LogP contribution in [0.5, 0.6) is 11.5 Å². The smallest absolute Gasteiger partial charge is 0.433 e. The minimum atomic E-state index is -4.96. The fraction of sp³-hybridized carbons (Fsp3) is 0.263. The summed E-state index contributed by atoms with van der Waals surface area (Å²) in [5.74, 6) is -3.65. The summed E-state index contributed by atoms with van der Waals surface area (Å²) in [6.07, 6.45) is -2.07. The van der Waals surface area contributed by atoms with Crippen LogP contribution in [-0.2, 0) is 21.3 Å². The number of carboxylic acid groups (broad SMARTS) is 1. The molecule has 1 aromatic carbocycles. The third-order valence-electron chi connectivity index (χ3n) is 4.79. The maximum atomic E-state index is 13.7. The SMILES string of the molecule is COc1cc(C2(c3cccnc3C(F)(F)F)OC=CC2C(=O)O)cc([N+](=O)[O-])c1OC. The Bertz CT molecular complexity index is 1070. The van der Waals surface area contributed by atoms with Crippen molar-refractivity contribution in [2.75, 3.05) is 14.2 Å². The topological polar surface area (TPSA) is 121 Å². The van der Waals surface area contributed by atoms with Gasteiger partial charge in [0.2, 0.25) is 5.75 Å². The standard InChI is InChI=1S/C19H15F3N2O7/c1-29-14-9-10(8-13(24(27)28)15(14)30-2)18(12(17(25)26)5-7-31-18)11-4-3-6-23-16(11)19(20,21)22/h3-9,12H,1-2H3,(H,25,26). The van der Waals surface area contributed by atoms with Crippen LogP contribution in [0.3, 0.4) is 0 Å². The predicted octanol–water partition coefficient (Wildman–Crippen LogP) is 3.51. The molecular formula is C19H15F3N2O7. The van der Waals surface area contributed by atoms with E-state index in [2.05, 4.69) is 4.98 Å². The number of hydrogen-bond acceptors (Lipinski definition) is 7. The van der Waals surface area contributed by atoms with Crippen molar-refractivity contribution < 1.29 is 42.2 Å². The molecule has 3 rings (SSSR count). The van der Waals surface area contributed by atoms with Gasteiger partial charge in [0.25, 0.3) is 0 Å². The zero-order valence-corrected chi connectivity index (χ0v) is 16.0. The number of carboxylic acids is 1.